The number of likely N-dealkylation sites (tertiary alicyclic amines) is 1. The number of hydrogen-bond donors (Lipinski definition) is 0. The van der Waals surface area contributed by atoms with Crippen molar-refractivity contribution in [2.24, 2.45) is 17.8 Å². The molecule has 1 heterocycles. The summed E-state index contributed by atoms with van der Waals surface area (Å²) < 4.78 is 0.0467. The summed E-state index contributed by atoms with van der Waals surface area (Å²) >= 11 is 1.70. The number of hydrogen-bond acceptors (Lipinski definition) is 3. The zero-order valence-corrected chi connectivity index (χ0v) is 16.2. The van der Waals surface area contributed by atoms with Crippen molar-refractivity contribution in [1.29, 1.82) is 0 Å². The maximum absolute atomic E-state index is 12.7. The quantitative estimate of drug-likeness (QED) is 0.669. The van der Waals surface area contributed by atoms with Gasteiger partial charge in [-0.25, -0.2) is 0 Å². The van der Waals surface area contributed by atoms with Crippen molar-refractivity contribution in [3.05, 3.63) is 0 Å². The number of carbonyl (C=O) groups excluding carboxylic acids is 2. The van der Waals surface area contributed by atoms with Crippen molar-refractivity contribution in [3.8, 4) is 0 Å². The van der Waals surface area contributed by atoms with Crippen molar-refractivity contribution in [1.82, 2.24) is 4.90 Å². The third-order valence-corrected chi connectivity index (χ3v) is 6.60. The van der Waals surface area contributed by atoms with Crippen LogP contribution in [0.5, 0.6) is 0 Å². The van der Waals surface area contributed by atoms with Gasteiger partial charge in [-0.15, -0.1) is 11.8 Å². The van der Waals surface area contributed by atoms with Crippen molar-refractivity contribution in [2.75, 3.05) is 6.54 Å². The highest BCUT2D eigenvalue weighted by molar-refractivity contribution is 8.02. The zero-order chi connectivity index (χ0) is 17.2. The lowest BCUT2D eigenvalue weighted by Gasteiger charge is -2.30. The molecule has 1 aliphatic heterocycles. The van der Waals surface area contributed by atoms with Crippen molar-refractivity contribution in [2.45, 2.75) is 83.1 Å². The van der Waals surface area contributed by atoms with Gasteiger partial charge < -0.3 is 0 Å². The van der Waals surface area contributed by atoms with Gasteiger partial charge in [0.05, 0.1) is 5.25 Å². The Hall–Kier alpha value is -0.510. The highest BCUT2D eigenvalue weighted by Crippen LogP contribution is 2.39. The Balaban J connectivity index is 1.91. The van der Waals surface area contributed by atoms with Crippen LogP contribution in [0.2, 0.25) is 0 Å². The lowest BCUT2D eigenvalue weighted by molar-refractivity contribution is -0.139. The molecule has 3 nitrogen and oxygen atoms in total. The molecule has 1 unspecified atom stereocenters. The van der Waals surface area contributed by atoms with Crippen LogP contribution in [0.3, 0.4) is 0 Å². The first-order chi connectivity index (χ1) is 10.7. The molecule has 132 valence electrons. The monoisotopic (exact) mass is 339 g/mol. The minimum absolute atomic E-state index is 0.0467. The molecule has 1 atom stereocenters. The smallest absolute Gasteiger partial charge is 0.242 e. The largest absolute Gasteiger partial charge is 0.281 e. The fraction of sp³-hybridized carbons (Fsp3) is 0.895. The average Bonchev–Trinajstić information content (AvgIpc) is 2.66. The number of imide groups is 1. The molecule has 0 bridgehead atoms. The summed E-state index contributed by atoms with van der Waals surface area (Å²) in [5, 5.41) is -0.168. The van der Waals surface area contributed by atoms with Crippen LogP contribution in [-0.2, 0) is 9.59 Å². The second kappa shape index (κ2) is 7.58. The maximum atomic E-state index is 12.7. The molecule has 0 N–H and O–H groups in total. The van der Waals surface area contributed by atoms with Crippen LogP contribution >= 0.6 is 11.8 Å². The zero-order valence-electron chi connectivity index (χ0n) is 15.4. The summed E-state index contributed by atoms with van der Waals surface area (Å²) in [6, 6.07) is 0. The highest BCUT2D eigenvalue weighted by atomic mass is 32.2. The van der Waals surface area contributed by atoms with Crippen LogP contribution in [0, 0.1) is 17.8 Å². The van der Waals surface area contributed by atoms with Crippen LogP contribution < -0.4 is 0 Å². The predicted molar refractivity (Wildman–Crippen MR) is 97.4 cm³/mol. The Labute approximate surface area is 146 Å². The minimum Gasteiger partial charge on any atom is -0.281 e. The van der Waals surface area contributed by atoms with E-state index in [1.165, 1.54) is 12.8 Å². The second-order valence-corrected chi connectivity index (χ2v) is 10.5. The molecule has 0 spiro atoms. The fourth-order valence-electron chi connectivity index (χ4n) is 4.12. The van der Waals surface area contributed by atoms with E-state index in [2.05, 4.69) is 34.6 Å². The van der Waals surface area contributed by atoms with Gasteiger partial charge in [-0.05, 0) is 37.0 Å². The number of carbonyl (C=O) groups is 2. The normalized spacial score (nSPS) is 29.7. The summed E-state index contributed by atoms with van der Waals surface area (Å²) in [6.07, 6.45) is 6.26. The topological polar surface area (TPSA) is 37.4 Å². The van der Waals surface area contributed by atoms with Crippen LogP contribution in [0.4, 0.5) is 0 Å². The Morgan fingerprint density at radius 3 is 2.35 bits per heavy atom. The molecular formula is C19H33NO2S. The van der Waals surface area contributed by atoms with E-state index in [9.17, 15) is 9.59 Å². The Morgan fingerprint density at radius 1 is 1.17 bits per heavy atom. The van der Waals surface area contributed by atoms with E-state index < -0.39 is 0 Å². The van der Waals surface area contributed by atoms with Crippen molar-refractivity contribution in [3.63, 3.8) is 0 Å². The third kappa shape index (κ3) is 5.23. The van der Waals surface area contributed by atoms with Gasteiger partial charge >= 0.3 is 0 Å². The first-order valence-electron chi connectivity index (χ1n) is 9.20. The SMILES string of the molecule is CC(C)CC(C)(C)SC1CC(=O)N(CC2CCC(C)CC2)C1=O. The summed E-state index contributed by atoms with van der Waals surface area (Å²) in [5.74, 6) is 2.04. The molecule has 2 amide bonds. The first-order valence-corrected chi connectivity index (χ1v) is 10.1. The van der Waals surface area contributed by atoms with Gasteiger partial charge in [-0.3, -0.25) is 14.5 Å². The maximum Gasteiger partial charge on any atom is 0.242 e. The molecule has 1 saturated carbocycles. The molecule has 23 heavy (non-hydrogen) atoms. The highest BCUT2D eigenvalue weighted by Gasteiger charge is 2.42. The molecule has 1 saturated heterocycles. The molecule has 0 aromatic heterocycles. The molecule has 2 aliphatic rings. The molecular weight excluding hydrogens is 306 g/mol. The first kappa shape index (κ1) is 18.8. The molecule has 2 fully saturated rings. The molecule has 2 rings (SSSR count). The summed E-state index contributed by atoms with van der Waals surface area (Å²) in [7, 11) is 0. The molecule has 1 aliphatic carbocycles. The third-order valence-electron chi connectivity index (χ3n) is 5.14. The van der Waals surface area contributed by atoms with Crippen LogP contribution in [-0.4, -0.2) is 33.3 Å². The van der Waals surface area contributed by atoms with E-state index >= 15 is 0 Å². The van der Waals surface area contributed by atoms with Crippen LogP contribution in [0.15, 0.2) is 0 Å². The van der Waals surface area contributed by atoms with E-state index in [4.69, 9.17) is 0 Å². The van der Waals surface area contributed by atoms with Gasteiger partial charge in [0.2, 0.25) is 11.8 Å². The molecule has 0 radical (unpaired) electrons. The Bertz CT molecular complexity index is 439. The number of nitrogens with zero attached hydrogens (tertiary/aromatic N) is 1. The van der Waals surface area contributed by atoms with E-state index in [1.807, 2.05) is 0 Å². The number of amides is 2. The molecule has 0 aromatic rings. The van der Waals surface area contributed by atoms with E-state index in [0.717, 1.165) is 25.2 Å². The van der Waals surface area contributed by atoms with Gasteiger partial charge in [-0.1, -0.05) is 47.5 Å². The summed E-state index contributed by atoms with van der Waals surface area (Å²) in [4.78, 5) is 26.6. The predicted octanol–water partition coefficient (Wildman–Crippen LogP) is 4.50. The second-order valence-electron chi connectivity index (χ2n) is 8.64. The van der Waals surface area contributed by atoms with Gasteiger partial charge in [-0.2, -0.15) is 0 Å². The van der Waals surface area contributed by atoms with Gasteiger partial charge in [0.1, 0.15) is 0 Å². The minimum atomic E-state index is -0.168. The van der Waals surface area contributed by atoms with Gasteiger partial charge in [0.15, 0.2) is 0 Å². The number of thioether (sulfide) groups is 1. The lowest BCUT2D eigenvalue weighted by Crippen LogP contribution is -2.37. The standard InChI is InChI=1S/C19H33NO2S/c1-13(2)11-19(4,5)23-16-10-17(21)20(18(16)22)12-15-8-6-14(3)7-9-15/h13-16H,6-12H2,1-5H3. The molecule has 0 aromatic carbocycles. The van der Waals surface area contributed by atoms with E-state index in [1.54, 1.807) is 16.7 Å². The fourth-order valence-corrected chi connectivity index (χ4v) is 5.78. The van der Waals surface area contributed by atoms with E-state index in [0.29, 0.717) is 24.8 Å². The molecule has 4 heteroatoms. The van der Waals surface area contributed by atoms with Crippen molar-refractivity contribution < 1.29 is 9.59 Å². The van der Waals surface area contributed by atoms with Crippen molar-refractivity contribution >= 4 is 23.6 Å². The summed E-state index contributed by atoms with van der Waals surface area (Å²) in [6.45, 7) is 11.8. The number of rotatable bonds is 6. The van der Waals surface area contributed by atoms with E-state index in [-0.39, 0.29) is 21.8 Å². The van der Waals surface area contributed by atoms with Crippen LogP contribution in [0.25, 0.3) is 0 Å². The Kier molecular flexibility index (Phi) is 6.21. The van der Waals surface area contributed by atoms with Gasteiger partial charge in [0.25, 0.3) is 0 Å². The van der Waals surface area contributed by atoms with Crippen LogP contribution in [0.1, 0.15) is 73.1 Å². The van der Waals surface area contributed by atoms with Gasteiger partial charge in [0, 0.05) is 17.7 Å². The Morgan fingerprint density at radius 2 is 1.78 bits per heavy atom. The average molecular weight is 340 g/mol. The lowest BCUT2D eigenvalue weighted by atomic mass is 9.83. The summed E-state index contributed by atoms with van der Waals surface area (Å²) in [5.41, 5.74) is 0.